The molecule has 0 aliphatic heterocycles. The van der Waals surface area contributed by atoms with Crippen LogP contribution in [-0.2, 0) is 0 Å². The van der Waals surface area contributed by atoms with E-state index in [0.29, 0.717) is 0 Å². The molecule has 3 N–H and O–H groups in total. The molecule has 0 radical (unpaired) electrons. The standard InChI is InChI=1S/C16H17NO3/c1-11-5-4-6-12(9-11)15(19)10-17-16(20)13-7-2-3-8-14(13)18/h2-9,15,18-19H,10H2,1H3,(H,17,20). The van der Waals surface area contributed by atoms with Crippen molar-refractivity contribution in [2.75, 3.05) is 6.54 Å². The molecule has 0 aliphatic carbocycles. The Morgan fingerprint density at radius 2 is 1.95 bits per heavy atom. The van der Waals surface area contributed by atoms with Crippen LogP contribution < -0.4 is 5.32 Å². The van der Waals surface area contributed by atoms with Crippen LogP contribution in [0.3, 0.4) is 0 Å². The maximum Gasteiger partial charge on any atom is 0.255 e. The zero-order chi connectivity index (χ0) is 14.5. The van der Waals surface area contributed by atoms with Crippen molar-refractivity contribution >= 4 is 5.91 Å². The van der Waals surface area contributed by atoms with Gasteiger partial charge in [0.1, 0.15) is 5.75 Å². The molecule has 0 bridgehead atoms. The summed E-state index contributed by atoms with van der Waals surface area (Å²) in [5, 5.41) is 22.2. The number of carbonyl (C=O) groups excluding carboxylic acids is 1. The van der Waals surface area contributed by atoms with E-state index >= 15 is 0 Å². The predicted octanol–water partition coefficient (Wildman–Crippen LogP) is 2.16. The first-order valence-corrected chi connectivity index (χ1v) is 6.39. The van der Waals surface area contributed by atoms with Crippen LogP contribution in [0.4, 0.5) is 0 Å². The third kappa shape index (κ3) is 3.36. The van der Waals surface area contributed by atoms with E-state index in [4.69, 9.17) is 0 Å². The Bertz CT molecular complexity index is 610. The number of aliphatic hydroxyl groups excluding tert-OH is 1. The number of hydrogen-bond acceptors (Lipinski definition) is 3. The van der Waals surface area contributed by atoms with Crippen LogP contribution in [0.5, 0.6) is 5.75 Å². The molecule has 4 heteroatoms. The van der Waals surface area contributed by atoms with Gasteiger partial charge in [-0.05, 0) is 24.6 Å². The van der Waals surface area contributed by atoms with Gasteiger partial charge in [0.2, 0.25) is 0 Å². The fraction of sp³-hybridized carbons (Fsp3) is 0.188. The van der Waals surface area contributed by atoms with Crippen molar-refractivity contribution < 1.29 is 15.0 Å². The summed E-state index contributed by atoms with van der Waals surface area (Å²) >= 11 is 0. The molecule has 20 heavy (non-hydrogen) atoms. The maximum atomic E-state index is 11.9. The number of para-hydroxylation sites is 1. The molecule has 0 aliphatic rings. The van der Waals surface area contributed by atoms with E-state index in [1.807, 2.05) is 31.2 Å². The number of phenols is 1. The third-order valence-electron chi connectivity index (χ3n) is 3.03. The molecule has 0 saturated carbocycles. The summed E-state index contributed by atoms with van der Waals surface area (Å²) in [6, 6.07) is 13.8. The Balaban J connectivity index is 1.99. The molecular formula is C16H17NO3. The molecule has 0 aromatic heterocycles. The molecule has 1 atom stereocenters. The second-order valence-electron chi connectivity index (χ2n) is 4.66. The smallest absolute Gasteiger partial charge is 0.255 e. The van der Waals surface area contributed by atoms with E-state index < -0.39 is 12.0 Å². The van der Waals surface area contributed by atoms with E-state index in [1.54, 1.807) is 12.1 Å². The summed E-state index contributed by atoms with van der Waals surface area (Å²) in [6.45, 7) is 2.04. The second kappa shape index (κ2) is 6.21. The number of nitrogens with one attached hydrogen (secondary N) is 1. The molecule has 0 heterocycles. The van der Waals surface area contributed by atoms with E-state index in [9.17, 15) is 15.0 Å². The van der Waals surface area contributed by atoms with Gasteiger partial charge >= 0.3 is 0 Å². The molecular weight excluding hydrogens is 254 g/mol. The van der Waals surface area contributed by atoms with Crippen molar-refractivity contribution in [3.05, 3.63) is 65.2 Å². The number of phenolic OH excluding ortho intramolecular Hbond substituents is 1. The first kappa shape index (κ1) is 14.1. The van der Waals surface area contributed by atoms with Crippen molar-refractivity contribution in [1.82, 2.24) is 5.32 Å². The summed E-state index contributed by atoms with van der Waals surface area (Å²) in [5.74, 6) is -0.482. The Kier molecular flexibility index (Phi) is 4.38. The number of benzene rings is 2. The Labute approximate surface area is 117 Å². The van der Waals surface area contributed by atoms with Crippen molar-refractivity contribution in [1.29, 1.82) is 0 Å². The Hall–Kier alpha value is -2.33. The summed E-state index contributed by atoms with van der Waals surface area (Å²) < 4.78 is 0. The molecule has 0 saturated heterocycles. The van der Waals surface area contributed by atoms with Crippen LogP contribution in [0.25, 0.3) is 0 Å². The molecule has 2 aromatic carbocycles. The van der Waals surface area contributed by atoms with Crippen molar-refractivity contribution in [2.24, 2.45) is 0 Å². The zero-order valence-electron chi connectivity index (χ0n) is 11.2. The maximum absolute atomic E-state index is 11.9. The number of amides is 1. The second-order valence-corrected chi connectivity index (χ2v) is 4.66. The molecule has 4 nitrogen and oxygen atoms in total. The monoisotopic (exact) mass is 271 g/mol. The zero-order valence-corrected chi connectivity index (χ0v) is 11.2. The lowest BCUT2D eigenvalue weighted by Gasteiger charge is -2.13. The third-order valence-corrected chi connectivity index (χ3v) is 3.03. The topological polar surface area (TPSA) is 69.6 Å². The first-order chi connectivity index (χ1) is 9.58. The van der Waals surface area contributed by atoms with Crippen LogP contribution in [0.2, 0.25) is 0 Å². The van der Waals surface area contributed by atoms with Gasteiger partial charge in [-0.2, -0.15) is 0 Å². The van der Waals surface area contributed by atoms with Crippen LogP contribution >= 0.6 is 0 Å². The molecule has 2 rings (SSSR count). The van der Waals surface area contributed by atoms with Gasteiger partial charge in [-0.25, -0.2) is 0 Å². The highest BCUT2D eigenvalue weighted by atomic mass is 16.3. The number of aromatic hydroxyl groups is 1. The largest absolute Gasteiger partial charge is 0.507 e. The van der Waals surface area contributed by atoms with Gasteiger partial charge in [0.25, 0.3) is 5.91 Å². The van der Waals surface area contributed by atoms with Gasteiger partial charge in [0, 0.05) is 6.54 Å². The summed E-state index contributed by atoms with van der Waals surface area (Å²) in [6.07, 6.45) is -0.773. The number of aryl methyl sites for hydroxylation is 1. The highest BCUT2D eigenvalue weighted by molar-refractivity contribution is 5.96. The molecule has 1 amide bonds. The highest BCUT2D eigenvalue weighted by Gasteiger charge is 2.13. The minimum Gasteiger partial charge on any atom is -0.507 e. The summed E-state index contributed by atoms with van der Waals surface area (Å²) in [4.78, 5) is 11.9. The van der Waals surface area contributed by atoms with Gasteiger partial charge in [0.15, 0.2) is 0 Å². The first-order valence-electron chi connectivity index (χ1n) is 6.39. The number of hydrogen-bond donors (Lipinski definition) is 3. The van der Waals surface area contributed by atoms with Crippen molar-refractivity contribution in [3.8, 4) is 5.75 Å². The predicted molar refractivity (Wildman–Crippen MR) is 76.6 cm³/mol. The van der Waals surface area contributed by atoms with E-state index in [-0.39, 0.29) is 17.9 Å². The summed E-state index contributed by atoms with van der Waals surface area (Å²) in [5.41, 5.74) is 2.00. The van der Waals surface area contributed by atoms with Crippen molar-refractivity contribution in [3.63, 3.8) is 0 Å². The minimum absolute atomic E-state index is 0.0740. The van der Waals surface area contributed by atoms with E-state index in [0.717, 1.165) is 11.1 Å². The van der Waals surface area contributed by atoms with Gasteiger partial charge in [0.05, 0.1) is 11.7 Å². The average Bonchev–Trinajstić information content (AvgIpc) is 2.45. The number of rotatable bonds is 4. The number of aliphatic hydroxyl groups is 1. The van der Waals surface area contributed by atoms with Gasteiger partial charge in [-0.1, -0.05) is 42.0 Å². The highest BCUT2D eigenvalue weighted by Crippen LogP contribution is 2.16. The summed E-state index contributed by atoms with van der Waals surface area (Å²) in [7, 11) is 0. The molecule has 0 fully saturated rings. The minimum atomic E-state index is -0.773. The molecule has 1 unspecified atom stereocenters. The lowest BCUT2D eigenvalue weighted by molar-refractivity contribution is 0.0913. The Morgan fingerprint density at radius 3 is 2.65 bits per heavy atom. The SMILES string of the molecule is Cc1cccc(C(O)CNC(=O)c2ccccc2O)c1. The molecule has 0 spiro atoms. The van der Waals surface area contributed by atoms with Gasteiger partial charge < -0.3 is 15.5 Å². The average molecular weight is 271 g/mol. The van der Waals surface area contributed by atoms with Crippen LogP contribution in [-0.4, -0.2) is 22.7 Å². The lowest BCUT2D eigenvalue weighted by Crippen LogP contribution is -2.28. The fourth-order valence-electron chi connectivity index (χ4n) is 1.95. The van der Waals surface area contributed by atoms with Gasteiger partial charge in [-0.15, -0.1) is 0 Å². The fourth-order valence-corrected chi connectivity index (χ4v) is 1.95. The van der Waals surface area contributed by atoms with Gasteiger partial charge in [-0.3, -0.25) is 4.79 Å². The Morgan fingerprint density at radius 1 is 1.20 bits per heavy atom. The van der Waals surface area contributed by atoms with Crippen LogP contribution in [0.15, 0.2) is 48.5 Å². The molecule has 2 aromatic rings. The number of carbonyl (C=O) groups is 1. The quantitative estimate of drug-likeness (QED) is 0.798. The normalized spacial score (nSPS) is 11.9. The van der Waals surface area contributed by atoms with E-state index in [2.05, 4.69) is 5.32 Å². The van der Waals surface area contributed by atoms with E-state index in [1.165, 1.54) is 12.1 Å². The van der Waals surface area contributed by atoms with Crippen molar-refractivity contribution in [2.45, 2.75) is 13.0 Å². The molecule has 104 valence electrons. The van der Waals surface area contributed by atoms with Crippen LogP contribution in [0, 0.1) is 6.92 Å². The van der Waals surface area contributed by atoms with Crippen LogP contribution in [0.1, 0.15) is 27.6 Å². The lowest BCUT2D eigenvalue weighted by atomic mass is 10.1.